The molecule has 0 aliphatic carbocycles. The Hall–Kier alpha value is -2.11. The molecule has 0 bridgehead atoms. The van der Waals surface area contributed by atoms with Crippen molar-refractivity contribution in [1.29, 1.82) is 0 Å². The third-order valence-corrected chi connectivity index (χ3v) is 3.71. The first-order valence-corrected chi connectivity index (χ1v) is 7.05. The predicted molar refractivity (Wildman–Crippen MR) is 79.2 cm³/mol. The summed E-state index contributed by atoms with van der Waals surface area (Å²) >= 11 is 7.39. The molecule has 0 unspecified atom stereocenters. The van der Waals surface area contributed by atoms with Crippen LogP contribution in [0.1, 0.15) is 10.5 Å². The number of carbonyl (C=O) groups is 1. The molecule has 0 atom stereocenters. The minimum atomic E-state index is -0.334. The topological polar surface area (TPSA) is 55.1 Å². The smallest absolute Gasteiger partial charge is 0.277 e. The summed E-state index contributed by atoms with van der Waals surface area (Å²) in [6, 6.07) is 12.4. The number of thiophene rings is 1. The highest BCUT2D eigenvalue weighted by Crippen LogP contribution is 2.25. The first-order valence-electron chi connectivity index (χ1n) is 5.80. The second-order valence-corrected chi connectivity index (χ2v) is 5.40. The summed E-state index contributed by atoms with van der Waals surface area (Å²) in [5.74, 6) is 0.245. The molecule has 0 aliphatic heterocycles. The van der Waals surface area contributed by atoms with Crippen LogP contribution in [0.5, 0.6) is 0 Å². The van der Waals surface area contributed by atoms with Gasteiger partial charge in [0, 0.05) is 16.8 Å². The lowest BCUT2D eigenvalue weighted by molar-refractivity contribution is 0.101. The van der Waals surface area contributed by atoms with Gasteiger partial charge in [0.2, 0.25) is 0 Å². The molecule has 1 N–H and O–H groups in total. The van der Waals surface area contributed by atoms with Gasteiger partial charge in [-0.2, -0.15) is 0 Å². The van der Waals surface area contributed by atoms with E-state index in [1.165, 1.54) is 11.3 Å². The second kappa shape index (κ2) is 5.48. The molecule has 100 valence electrons. The van der Waals surface area contributed by atoms with Crippen molar-refractivity contribution in [2.24, 2.45) is 0 Å². The van der Waals surface area contributed by atoms with Gasteiger partial charge >= 0.3 is 0 Å². The molecule has 1 aromatic carbocycles. The zero-order valence-electron chi connectivity index (χ0n) is 10.2. The van der Waals surface area contributed by atoms with E-state index in [0.29, 0.717) is 16.5 Å². The van der Waals surface area contributed by atoms with Crippen LogP contribution in [-0.2, 0) is 0 Å². The van der Waals surface area contributed by atoms with E-state index < -0.39 is 0 Å². The summed E-state index contributed by atoms with van der Waals surface area (Å²) in [5, 5.41) is 8.98. The van der Waals surface area contributed by atoms with Crippen molar-refractivity contribution in [2.75, 3.05) is 5.32 Å². The molecule has 0 fully saturated rings. The number of carbonyl (C=O) groups excluding carboxylic acids is 1. The molecule has 0 spiro atoms. The fourth-order valence-corrected chi connectivity index (χ4v) is 2.54. The standard InChI is InChI=1S/C14H9ClN2O2S/c15-9-3-1-4-10(7-9)16-14(18)11-8-12(19-17-11)13-5-2-6-20-13/h1-8H,(H,16,18). The Morgan fingerprint density at radius 3 is 2.90 bits per heavy atom. The van der Waals surface area contributed by atoms with Crippen LogP contribution in [0.2, 0.25) is 5.02 Å². The van der Waals surface area contributed by atoms with Gasteiger partial charge in [-0.1, -0.05) is 28.9 Å². The summed E-state index contributed by atoms with van der Waals surface area (Å²) in [5.41, 5.74) is 0.844. The summed E-state index contributed by atoms with van der Waals surface area (Å²) in [7, 11) is 0. The number of benzene rings is 1. The Kier molecular flexibility index (Phi) is 3.54. The number of halogens is 1. The zero-order chi connectivity index (χ0) is 13.9. The van der Waals surface area contributed by atoms with Crippen molar-refractivity contribution in [3.05, 3.63) is 58.6 Å². The third kappa shape index (κ3) is 2.74. The number of nitrogens with one attached hydrogen (secondary N) is 1. The monoisotopic (exact) mass is 304 g/mol. The highest BCUT2D eigenvalue weighted by Gasteiger charge is 2.14. The average molecular weight is 305 g/mol. The third-order valence-electron chi connectivity index (χ3n) is 2.59. The first-order chi connectivity index (χ1) is 9.72. The molecule has 0 aliphatic rings. The summed E-state index contributed by atoms with van der Waals surface area (Å²) < 4.78 is 5.17. The molecule has 2 heterocycles. The lowest BCUT2D eigenvalue weighted by atomic mass is 10.3. The van der Waals surface area contributed by atoms with E-state index in [4.69, 9.17) is 16.1 Å². The van der Waals surface area contributed by atoms with E-state index in [9.17, 15) is 4.79 Å². The molecule has 0 saturated heterocycles. The van der Waals surface area contributed by atoms with E-state index >= 15 is 0 Å². The zero-order valence-corrected chi connectivity index (χ0v) is 11.7. The molecule has 3 aromatic rings. The van der Waals surface area contributed by atoms with Crippen LogP contribution in [0.15, 0.2) is 52.4 Å². The van der Waals surface area contributed by atoms with Crippen molar-refractivity contribution in [3.63, 3.8) is 0 Å². The van der Waals surface area contributed by atoms with Gasteiger partial charge in [0.05, 0.1) is 4.88 Å². The van der Waals surface area contributed by atoms with Gasteiger partial charge in [-0.05, 0) is 29.6 Å². The number of hydrogen-bond donors (Lipinski definition) is 1. The van der Waals surface area contributed by atoms with Gasteiger partial charge in [0.25, 0.3) is 5.91 Å². The molecular formula is C14H9ClN2O2S. The normalized spacial score (nSPS) is 10.4. The Balaban J connectivity index is 1.78. The van der Waals surface area contributed by atoms with Crippen molar-refractivity contribution < 1.29 is 9.32 Å². The number of aromatic nitrogens is 1. The maximum atomic E-state index is 12.0. The Labute approximate surface area is 124 Å². The van der Waals surface area contributed by atoms with Gasteiger partial charge in [0.15, 0.2) is 11.5 Å². The predicted octanol–water partition coefficient (Wildman–Crippen LogP) is 4.31. The number of anilines is 1. The lowest BCUT2D eigenvalue weighted by Crippen LogP contribution is -2.11. The highest BCUT2D eigenvalue weighted by molar-refractivity contribution is 7.13. The van der Waals surface area contributed by atoms with E-state index in [-0.39, 0.29) is 11.6 Å². The van der Waals surface area contributed by atoms with Crippen LogP contribution in [-0.4, -0.2) is 11.1 Å². The quantitative estimate of drug-likeness (QED) is 0.784. The van der Waals surface area contributed by atoms with Gasteiger partial charge in [-0.25, -0.2) is 0 Å². The van der Waals surface area contributed by atoms with Crippen molar-refractivity contribution in [2.45, 2.75) is 0 Å². The van der Waals surface area contributed by atoms with Crippen LogP contribution >= 0.6 is 22.9 Å². The summed E-state index contributed by atoms with van der Waals surface area (Å²) in [4.78, 5) is 13.0. The van der Waals surface area contributed by atoms with E-state index in [0.717, 1.165) is 4.88 Å². The Morgan fingerprint density at radius 2 is 2.15 bits per heavy atom. The fourth-order valence-electron chi connectivity index (χ4n) is 1.68. The minimum Gasteiger partial charge on any atom is -0.355 e. The molecular weight excluding hydrogens is 296 g/mol. The van der Waals surface area contributed by atoms with Crippen LogP contribution in [0.25, 0.3) is 10.6 Å². The first kappa shape index (κ1) is 12.9. The molecule has 2 aromatic heterocycles. The maximum Gasteiger partial charge on any atom is 0.277 e. The Bertz CT molecular complexity index is 737. The summed E-state index contributed by atoms with van der Waals surface area (Å²) in [6.07, 6.45) is 0. The van der Waals surface area contributed by atoms with Crippen molar-refractivity contribution in [3.8, 4) is 10.6 Å². The average Bonchev–Trinajstić information content (AvgIpc) is 3.10. The van der Waals surface area contributed by atoms with E-state index in [2.05, 4.69) is 10.5 Å². The SMILES string of the molecule is O=C(Nc1cccc(Cl)c1)c1cc(-c2cccs2)on1. The van der Waals surface area contributed by atoms with E-state index in [1.54, 1.807) is 30.3 Å². The summed E-state index contributed by atoms with van der Waals surface area (Å²) in [6.45, 7) is 0. The van der Waals surface area contributed by atoms with Gasteiger partial charge < -0.3 is 9.84 Å². The molecule has 0 saturated carbocycles. The van der Waals surface area contributed by atoms with Crippen molar-refractivity contribution in [1.82, 2.24) is 5.16 Å². The maximum absolute atomic E-state index is 12.0. The van der Waals surface area contributed by atoms with Crippen LogP contribution in [0, 0.1) is 0 Å². The van der Waals surface area contributed by atoms with Crippen molar-refractivity contribution >= 4 is 34.5 Å². The molecule has 0 radical (unpaired) electrons. The minimum absolute atomic E-state index is 0.230. The van der Waals surface area contributed by atoms with Crippen LogP contribution < -0.4 is 5.32 Å². The largest absolute Gasteiger partial charge is 0.355 e. The number of amides is 1. The van der Waals surface area contributed by atoms with Gasteiger partial charge in [-0.15, -0.1) is 11.3 Å². The molecule has 4 nitrogen and oxygen atoms in total. The molecule has 20 heavy (non-hydrogen) atoms. The van der Waals surface area contributed by atoms with E-state index in [1.807, 2.05) is 17.5 Å². The fraction of sp³-hybridized carbons (Fsp3) is 0. The highest BCUT2D eigenvalue weighted by atomic mass is 35.5. The van der Waals surface area contributed by atoms with Crippen LogP contribution in [0.4, 0.5) is 5.69 Å². The number of nitrogens with zero attached hydrogens (tertiary/aromatic N) is 1. The molecule has 6 heteroatoms. The second-order valence-electron chi connectivity index (χ2n) is 4.02. The van der Waals surface area contributed by atoms with Gasteiger partial charge in [-0.3, -0.25) is 4.79 Å². The van der Waals surface area contributed by atoms with Gasteiger partial charge in [0.1, 0.15) is 0 Å². The Morgan fingerprint density at radius 1 is 1.25 bits per heavy atom. The lowest BCUT2D eigenvalue weighted by Gasteiger charge is -2.02. The molecule has 3 rings (SSSR count). The molecule has 1 amide bonds. The number of rotatable bonds is 3. The number of hydrogen-bond acceptors (Lipinski definition) is 4. The van der Waals surface area contributed by atoms with Crippen LogP contribution in [0.3, 0.4) is 0 Å².